The minimum absolute atomic E-state index is 0.249. The smallest absolute Gasteiger partial charge is 0.256 e. The molecule has 3 heteroatoms. The van der Waals surface area contributed by atoms with E-state index < -0.39 is 0 Å². The maximum absolute atomic E-state index is 11.4. The van der Waals surface area contributed by atoms with Gasteiger partial charge in [0.05, 0.1) is 11.1 Å². The van der Waals surface area contributed by atoms with E-state index in [2.05, 4.69) is 35.3 Å². The normalized spacial score (nSPS) is 11.1. The summed E-state index contributed by atoms with van der Waals surface area (Å²) in [6.45, 7) is 0. The van der Waals surface area contributed by atoms with Crippen molar-refractivity contribution in [2.75, 3.05) is 0 Å². The van der Waals surface area contributed by atoms with Crippen molar-refractivity contribution in [1.29, 1.82) is 0 Å². The molecule has 22 heavy (non-hydrogen) atoms. The Labute approximate surface area is 132 Å². The maximum atomic E-state index is 11.4. The second-order valence-electron chi connectivity index (χ2n) is 5.19. The monoisotopic (exact) mass is 304 g/mol. The number of rotatable bonds is 1. The minimum Gasteiger partial charge on any atom is -0.321 e. The van der Waals surface area contributed by atoms with E-state index in [-0.39, 0.29) is 5.56 Å². The number of aromatic nitrogens is 1. The maximum Gasteiger partial charge on any atom is 0.256 e. The molecule has 1 heterocycles. The van der Waals surface area contributed by atoms with Gasteiger partial charge in [-0.05, 0) is 39.9 Å². The van der Waals surface area contributed by atoms with Crippen molar-refractivity contribution >= 4 is 33.3 Å². The fourth-order valence-corrected chi connectivity index (χ4v) is 3.05. The van der Waals surface area contributed by atoms with E-state index in [9.17, 15) is 4.79 Å². The summed E-state index contributed by atoms with van der Waals surface area (Å²) in [5.41, 5.74) is 2.50. The molecule has 3 aromatic carbocycles. The molecule has 0 aliphatic heterocycles. The van der Waals surface area contributed by atoms with Gasteiger partial charge in [-0.3, -0.25) is 4.79 Å². The Morgan fingerprint density at radius 3 is 2.64 bits per heavy atom. The molecule has 0 fully saturated rings. The van der Waals surface area contributed by atoms with E-state index in [0.29, 0.717) is 5.02 Å². The second kappa shape index (κ2) is 5.00. The third-order valence-corrected chi connectivity index (χ3v) is 4.14. The number of halogens is 1. The lowest BCUT2D eigenvalue weighted by Crippen LogP contribution is -2.03. The fourth-order valence-electron chi connectivity index (χ4n) is 2.79. The Morgan fingerprint density at radius 1 is 0.909 bits per heavy atom. The van der Waals surface area contributed by atoms with E-state index in [4.69, 9.17) is 11.6 Å². The molecule has 0 saturated heterocycles. The highest BCUT2D eigenvalue weighted by Crippen LogP contribution is 2.35. The van der Waals surface area contributed by atoms with Crippen LogP contribution in [0.2, 0.25) is 5.02 Å². The van der Waals surface area contributed by atoms with Crippen LogP contribution in [0.1, 0.15) is 0 Å². The minimum atomic E-state index is -0.249. The van der Waals surface area contributed by atoms with Gasteiger partial charge in [0.15, 0.2) is 0 Å². The lowest BCUT2D eigenvalue weighted by molar-refractivity contribution is 1.30. The first-order valence-electron chi connectivity index (χ1n) is 6.95. The van der Waals surface area contributed by atoms with Crippen molar-refractivity contribution in [3.8, 4) is 11.1 Å². The van der Waals surface area contributed by atoms with Crippen molar-refractivity contribution in [2.45, 2.75) is 0 Å². The van der Waals surface area contributed by atoms with Crippen LogP contribution in [0.3, 0.4) is 0 Å². The van der Waals surface area contributed by atoms with Crippen LogP contribution in [0.4, 0.5) is 0 Å². The van der Waals surface area contributed by atoms with Gasteiger partial charge in [0.25, 0.3) is 5.56 Å². The summed E-state index contributed by atoms with van der Waals surface area (Å²) in [6, 6.07) is 22.5. The third-order valence-electron chi connectivity index (χ3n) is 3.83. The Morgan fingerprint density at radius 2 is 1.73 bits per heavy atom. The summed E-state index contributed by atoms with van der Waals surface area (Å²) in [5.74, 6) is 0. The van der Waals surface area contributed by atoms with E-state index in [1.54, 1.807) is 12.1 Å². The molecular formula is C19H11ClNO. The first-order chi connectivity index (χ1) is 10.7. The first kappa shape index (κ1) is 13.1. The second-order valence-corrected chi connectivity index (χ2v) is 5.60. The highest BCUT2D eigenvalue weighted by molar-refractivity contribution is 6.34. The SMILES string of the molecule is O=c1[c]cc2cc(-c3cccc4ccccc34)c(Cl)cc2[nH]1. The van der Waals surface area contributed by atoms with Crippen molar-refractivity contribution in [3.05, 3.63) is 82.1 Å². The van der Waals surface area contributed by atoms with E-state index in [1.165, 1.54) is 5.39 Å². The van der Waals surface area contributed by atoms with Crippen LogP contribution in [-0.2, 0) is 0 Å². The number of pyridine rings is 1. The van der Waals surface area contributed by atoms with Gasteiger partial charge in [-0.2, -0.15) is 0 Å². The first-order valence-corrected chi connectivity index (χ1v) is 7.32. The van der Waals surface area contributed by atoms with Gasteiger partial charge in [-0.1, -0.05) is 54.1 Å². The van der Waals surface area contributed by atoms with Gasteiger partial charge in [-0.15, -0.1) is 0 Å². The molecule has 2 nitrogen and oxygen atoms in total. The molecule has 1 aromatic heterocycles. The number of nitrogens with one attached hydrogen (secondary N) is 1. The zero-order valence-electron chi connectivity index (χ0n) is 11.6. The van der Waals surface area contributed by atoms with Crippen molar-refractivity contribution < 1.29 is 0 Å². The van der Waals surface area contributed by atoms with E-state index in [0.717, 1.165) is 27.4 Å². The largest absolute Gasteiger partial charge is 0.321 e. The number of benzene rings is 3. The summed E-state index contributed by atoms with van der Waals surface area (Å²) in [6.07, 6.45) is 0. The van der Waals surface area contributed by atoms with Gasteiger partial charge in [0.2, 0.25) is 0 Å². The van der Waals surface area contributed by atoms with Crippen molar-refractivity contribution in [2.24, 2.45) is 0 Å². The molecule has 1 N–H and O–H groups in total. The molecule has 1 radical (unpaired) electrons. The van der Waals surface area contributed by atoms with Crippen LogP contribution in [0.15, 0.2) is 65.5 Å². The van der Waals surface area contributed by atoms with Gasteiger partial charge >= 0.3 is 0 Å². The highest BCUT2D eigenvalue weighted by atomic mass is 35.5. The van der Waals surface area contributed by atoms with Crippen LogP contribution in [0.25, 0.3) is 32.8 Å². The Kier molecular flexibility index (Phi) is 2.98. The summed E-state index contributed by atoms with van der Waals surface area (Å²) in [4.78, 5) is 14.1. The number of fused-ring (bicyclic) bond motifs is 2. The molecule has 0 unspecified atom stereocenters. The van der Waals surface area contributed by atoms with Crippen LogP contribution in [-0.4, -0.2) is 4.98 Å². The molecule has 0 spiro atoms. The quantitative estimate of drug-likeness (QED) is 0.538. The fraction of sp³-hybridized carbons (Fsp3) is 0. The lowest BCUT2D eigenvalue weighted by atomic mass is 9.97. The van der Waals surface area contributed by atoms with Crippen molar-refractivity contribution in [1.82, 2.24) is 4.98 Å². The number of aromatic amines is 1. The molecule has 0 saturated carbocycles. The Bertz CT molecular complexity index is 1060. The lowest BCUT2D eigenvalue weighted by Gasteiger charge is -2.10. The number of hydrogen-bond donors (Lipinski definition) is 1. The van der Waals surface area contributed by atoms with Gasteiger partial charge in [0.1, 0.15) is 0 Å². The van der Waals surface area contributed by atoms with E-state index >= 15 is 0 Å². The van der Waals surface area contributed by atoms with Crippen molar-refractivity contribution in [3.63, 3.8) is 0 Å². The highest BCUT2D eigenvalue weighted by Gasteiger charge is 2.09. The Hall–Kier alpha value is -2.58. The topological polar surface area (TPSA) is 32.9 Å². The Balaban J connectivity index is 2.06. The molecular weight excluding hydrogens is 294 g/mol. The van der Waals surface area contributed by atoms with Gasteiger partial charge < -0.3 is 4.98 Å². The summed E-state index contributed by atoms with van der Waals surface area (Å²) < 4.78 is 0. The predicted octanol–water partition coefficient (Wildman–Crippen LogP) is 4.80. The third kappa shape index (κ3) is 2.09. The zero-order chi connectivity index (χ0) is 15.1. The number of hydrogen-bond acceptors (Lipinski definition) is 1. The van der Waals surface area contributed by atoms with Gasteiger partial charge in [-0.25, -0.2) is 0 Å². The van der Waals surface area contributed by atoms with Gasteiger partial charge in [0, 0.05) is 11.1 Å². The molecule has 4 rings (SSSR count). The van der Waals surface area contributed by atoms with Crippen LogP contribution in [0.5, 0.6) is 0 Å². The standard InChI is InChI=1S/C19H11ClNO/c20-17-11-18-13(8-9-19(22)21-18)10-16(17)15-7-3-5-12-4-1-2-6-14(12)15/h1-8,10-11H,(H,21,22). The molecule has 0 aliphatic rings. The molecule has 0 atom stereocenters. The zero-order valence-corrected chi connectivity index (χ0v) is 12.3. The van der Waals surface area contributed by atoms with Crippen LogP contribution >= 0.6 is 11.6 Å². The molecule has 0 aliphatic carbocycles. The summed E-state index contributed by atoms with van der Waals surface area (Å²) in [7, 11) is 0. The predicted molar refractivity (Wildman–Crippen MR) is 91.4 cm³/mol. The molecule has 105 valence electrons. The van der Waals surface area contributed by atoms with Crippen LogP contribution in [0, 0.1) is 6.07 Å². The molecule has 0 amide bonds. The molecule has 4 aromatic rings. The summed E-state index contributed by atoms with van der Waals surface area (Å²) in [5, 5.41) is 3.85. The molecule has 0 bridgehead atoms. The summed E-state index contributed by atoms with van der Waals surface area (Å²) >= 11 is 6.46. The average Bonchev–Trinajstić information content (AvgIpc) is 2.54. The number of H-pyrrole nitrogens is 1. The van der Waals surface area contributed by atoms with Crippen LogP contribution < -0.4 is 5.56 Å². The average molecular weight is 305 g/mol. The van der Waals surface area contributed by atoms with E-state index in [1.807, 2.05) is 24.3 Å².